The number of hydrogen-bond acceptors (Lipinski definition) is 5. The number of benzene rings is 1. The number of methoxy groups -OCH3 is 1. The van der Waals surface area contributed by atoms with Crippen molar-refractivity contribution < 1.29 is 9.47 Å². The first-order valence-corrected chi connectivity index (χ1v) is 9.82. The van der Waals surface area contributed by atoms with Gasteiger partial charge in [0.2, 0.25) is 0 Å². The summed E-state index contributed by atoms with van der Waals surface area (Å²) in [5, 5.41) is 6.72. The van der Waals surface area contributed by atoms with Gasteiger partial charge in [0.15, 0.2) is 5.96 Å². The van der Waals surface area contributed by atoms with Gasteiger partial charge in [-0.25, -0.2) is 4.98 Å². The highest BCUT2D eigenvalue weighted by atomic mass is 16.5. The number of nitrogens with zero attached hydrogens (tertiary/aromatic N) is 3. The predicted octanol–water partition coefficient (Wildman–Crippen LogP) is 2.74. The van der Waals surface area contributed by atoms with Crippen molar-refractivity contribution in [3.8, 4) is 5.75 Å². The molecule has 0 aliphatic heterocycles. The number of pyridine rings is 1. The Balaban J connectivity index is 1.95. The quantitative estimate of drug-likeness (QED) is 0.364. The fourth-order valence-corrected chi connectivity index (χ4v) is 2.88. The number of nitrogens with one attached hydrogen (secondary N) is 2. The van der Waals surface area contributed by atoms with E-state index >= 15 is 0 Å². The number of ether oxygens (including phenoxy) is 2. The summed E-state index contributed by atoms with van der Waals surface area (Å²) in [6, 6.07) is 10.3. The van der Waals surface area contributed by atoms with Gasteiger partial charge in [0.05, 0.1) is 6.61 Å². The molecule has 2 N–H and O–H groups in total. The molecule has 0 aliphatic carbocycles. The van der Waals surface area contributed by atoms with Crippen LogP contribution >= 0.6 is 0 Å². The summed E-state index contributed by atoms with van der Waals surface area (Å²) in [6.45, 7) is 4.64. The lowest BCUT2D eigenvalue weighted by Gasteiger charge is -2.18. The molecule has 0 fully saturated rings. The van der Waals surface area contributed by atoms with Crippen LogP contribution in [0.5, 0.6) is 5.75 Å². The molecule has 1 aromatic carbocycles. The maximum absolute atomic E-state index is 5.96. The van der Waals surface area contributed by atoms with Crippen LogP contribution in [-0.2, 0) is 17.8 Å². The van der Waals surface area contributed by atoms with E-state index in [4.69, 9.17) is 9.47 Å². The Morgan fingerprint density at radius 3 is 2.55 bits per heavy atom. The maximum Gasteiger partial charge on any atom is 0.191 e. The molecule has 1 aromatic heterocycles. The van der Waals surface area contributed by atoms with Crippen molar-refractivity contribution >= 4 is 11.8 Å². The molecule has 0 amide bonds. The summed E-state index contributed by atoms with van der Waals surface area (Å²) in [7, 11) is 7.45. The van der Waals surface area contributed by atoms with Gasteiger partial charge in [-0.05, 0) is 24.6 Å². The molecule has 0 saturated heterocycles. The molecule has 7 heteroatoms. The summed E-state index contributed by atoms with van der Waals surface area (Å²) in [6.07, 6.45) is 2.66. The highest BCUT2D eigenvalue weighted by molar-refractivity contribution is 5.79. The van der Waals surface area contributed by atoms with E-state index in [0.29, 0.717) is 26.3 Å². The van der Waals surface area contributed by atoms with Gasteiger partial charge in [-0.1, -0.05) is 18.2 Å². The smallest absolute Gasteiger partial charge is 0.191 e. The van der Waals surface area contributed by atoms with Crippen molar-refractivity contribution in [2.24, 2.45) is 4.99 Å². The van der Waals surface area contributed by atoms with Crippen LogP contribution in [0.2, 0.25) is 0 Å². The van der Waals surface area contributed by atoms with Crippen LogP contribution in [-0.4, -0.2) is 52.4 Å². The fourth-order valence-electron chi connectivity index (χ4n) is 2.88. The largest absolute Gasteiger partial charge is 0.493 e. The second-order valence-electron chi connectivity index (χ2n) is 6.97. The third-order valence-corrected chi connectivity index (χ3v) is 4.38. The molecule has 0 atom stereocenters. The van der Waals surface area contributed by atoms with Crippen LogP contribution in [0.3, 0.4) is 0 Å². The van der Waals surface area contributed by atoms with Gasteiger partial charge >= 0.3 is 0 Å². The van der Waals surface area contributed by atoms with Crippen molar-refractivity contribution in [2.45, 2.75) is 26.4 Å². The lowest BCUT2D eigenvalue weighted by Crippen LogP contribution is -2.36. The molecule has 7 nitrogen and oxygen atoms in total. The number of aryl methyl sites for hydroxylation is 1. The summed E-state index contributed by atoms with van der Waals surface area (Å²) >= 11 is 0. The van der Waals surface area contributed by atoms with Crippen LogP contribution < -0.4 is 20.3 Å². The molecule has 0 spiro atoms. The van der Waals surface area contributed by atoms with Gasteiger partial charge in [0.25, 0.3) is 0 Å². The highest BCUT2D eigenvalue weighted by Crippen LogP contribution is 2.20. The average molecular weight is 400 g/mol. The van der Waals surface area contributed by atoms with Gasteiger partial charge in [-0.2, -0.15) is 0 Å². The third-order valence-electron chi connectivity index (χ3n) is 4.38. The number of guanidine groups is 1. The zero-order valence-electron chi connectivity index (χ0n) is 18.2. The van der Waals surface area contributed by atoms with E-state index in [2.05, 4.69) is 51.8 Å². The Morgan fingerprint density at radius 2 is 1.86 bits per heavy atom. The Bertz CT molecular complexity index is 793. The maximum atomic E-state index is 5.96. The summed E-state index contributed by atoms with van der Waals surface area (Å²) in [4.78, 5) is 10.8. The van der Waals surface area contributed by atoms with Crippen LogP contribution in [0.1, 0.15) is 23.1 Å². The first kappa shape index (κ1) is 22.5. The molecule has 2 rings (SSSR count). The summed E-state index contributed by atoms with van der Waals surface area (Å²) in [5.41, 5.74) is 3.37. The van der Waals surface area contributed by atoms with Gasteiger partial charge in [-0.3, -0.25) is 4.99 Å². The lowest BCUT2D eigenvalue weighted by molar-refractivity contribution is 0.171. The molecule has 0 bridgehead atoms. The van der Waals surface area contributed by atoms with E-state index < -0.39 is 0 Å². The zero-order valence-corrected chi connectivity index (χ0v) is 18.2. The number of aliphatic imine (C=N–C) groups is 1. The Hall–Kier alpha value is -2.80. The second-order valence-corrected chi connectivity index (χ2v) is 6.97. The molecule has 0 unspecified atom stereocenters. The SMILES string of the molecule is CN=C(NCc1ccc(C)cc1OCCCOC)NCc1cccnc1N(C)C. The van der Waals surface area contributed by atoms with E-state index in [-0.39, 0.29) is 0 Å². The molecule has 2 aromatic rings. The van der Waals surface area contributed by atoms with Crippen LogP contribution in [0.25, 0.3) is 0 Å². The molecule has 29 heavy (non-hydrogen) atoms. The standard InChI is InChI=1S/C22H33N5O2/c1-17-9-10-18(20(14-17)29-13-7-12-28-5)15-25-22(23-2)26-16-19-8-6-11-24-21(19)27(3)4/h6,8-11,14H,7,12-13,15-16H2,1-5H3,(H2,23,25,26). The highest BCUT2D eigenvalue weighted by Gasteiger charge is 2.08. The van der Waals surface area contributed by atoms with E-state index in [0.717, 1.165) is 35.1 Å². The number of hydrogen-bond donors (Lipinski definition) is 2. The predicted molar refractivity (Wildman–Crippen MR) is 119 cm³/mol. The molecule has 0 radical (unpaired) electrons. The molecular formula is C22H33N5O2. The summed E-state index contributed by atoms with van der Waals surface area (Å²) < 4.78 is 11.1. The average Bonchev–Trinajstić information content (AvgIpc) is 2.72. The topological polar surface area (TPSA) is 71.0 Å². The third kappa shape index (κ3) is 7.27. The first-order chi connectivity index (χ1) is 14.0. The van der Waals surface area contributed by atoms with Crippen molar-refractivity contribution in [2.75, 3.05) is 46.4 Å². The van der Waals surface area contributed by atoms with Gasteiger partial charge in [0, 0.05) is 71.7 Å². The Morgan fingerprint density at radius 1 is 1.10 bits per heavy atom. The van der Waals surface area contributed by atoms with Crippen molar-refractivity contribution in [3.05, 3.63) is 53.2 Å². The Kier molecular flexibility index (Phi) is 9.24. The second kappa shape index (κ2) is 11.9. The van der Waals surface area contributed by atoms with Gasteiger partial charge in [-0.15, -0.1) is 0 Å². The lowest BCUT2D eigenvalue weighted by atomic mass is 10.1. The normalized spacial score (nSPS) is 11.3. The van der Waals surface area contributed by atoms with Crippen molar-refractivity contribution in [1.29, 1.82) is 0 Å². The Labute approximate surface area is 174 Å². The molecule has 0 saturated carbocycles. The number of anilines is 1. The van der Waals surface area contributed by atoms with Crippen LogP contribution in [0.15, 0.2) is 41.5 Å². The van der Waals surface area contributed by atoms with Crippen LogP contribution in [0.4, 0.5) is 5.82 Å². The molecule has 158 valence electrons. The minimum absolute atomic E-state index is 0.618. The van der Waals surface area contributed by atoms with Gasteiger partial charge < -0.3 is 25.0 Å². The zero-order chi connectivity index (χ0) is 21.1. The van der Waals surface area contributed by atoms with E-state index in [1.807, 2.05) is 25.1 Å². The monoisotopic (exact) mass is 399 g/mol. The minimum atomic E-state index is 0.618. The molecule has 0 aliphatic rings. The van der Waals surface area contributed by atoms with Gasteiger partial charge in [0.1, 0.15) is 11.6 Å². The fraction of sp³-hybridized carbons (Fsp3) is 0.455. The minimum Gasteiger partial charge on any atom is -0.493 e. The first-order valence-electron chi connectivity index (χ1n) is 9.82. The van der Waals surface area contributed by atoms with E-state index in [1.165, 1.54) is 5.56 Å². The molecular weight excluding hydrogens is 366 g/mol. The summed E-state index contributed by atoms with van der Waals surface area (Å²) in [5.74, 6) is 2.57. The van der Waals surface area contributed by atoms with Crippen LogP contribution in [0, 0.1) is 6.92 Å². The van der Waals surface area contributed by atoms with E-state index in [1.54, 1.807) is 20.4 Å². The van der Waals surface area contributed by atoms with E-state index in [9.17, 15) is 0 Å². The van der Waals surface area contributed by atoms with Crippen molar-refractivity contribution in [1.82, 2.24) is 15.6 Å². The molecule has 1 heterocycles. The number of aromatic nitrogens is 1. The van der Waals surface area contributed by atoms with Crippen molar-refractivity contribution in [3.63, 3.8) is 0 Å². The number of rotatable bonds is 10.